The number of rotatable bonds is 3. The van der Waals surface area contributed by atoms with E-state index in [0.717, 1.165) is 15.8 Å². The van der Waals surface area contributed by atoms with Crippen molar-refractivity contribution in [2.45, 2.75) is 0 Å². The van der Waals surface area contributed by atoms with Gasteiger partial charge in [0.15, 0.2) is 11.5 Å². The maximum Gasteiger partial charge on any atom is 0.256 e. The van der Waals surface area contributed by atoms with Crippen LogP contribution < -0.4 is 14.8 Å². The molecule has 0 unspecified atom stereocenters. The number of pyridine rings is 1. The Morgan fingerprint density at radius 1 is 1.04 bits per heavy atom. The second kappa shape index (κ2) is 6.82. The van der Waals surface area contributed by atoms with Crippen LogP contribution in [0.25, 0.3) is 21.5 Å². The SMILES string of the molecule is O=C(Nc1ccc2c(c1)OCO2)c1cc(-c2ccc(Cl)s2)nc2ccccc12. The van der Waals surface area contributed by atoms with Gasteiger partial charge in [0.05, 0.1) is 26.0 Å². The first-order chi connectivity index (χ1) is 13.7. The number of hydrogen-bond donors (Lipinski definition) is 1. The third kappa shape index (κ3) is 3.06. The van der Waals surface area contributed by atoms with Crippen LogP contribution in [0.1, 0.15) is 10.4 Å². The highest BCUT2D eigenvalue weighted by molar-refractivity contribution is 7.19. The van der Waals surface area contributed by atoms with Crippen LogP contribution >= 0.6 is 22.9 Å². The van der Waals surface area contributed by atoms with Crippen molar-refractivity contribution in [1.82, 2.24) is 4.98 Å². The summed E-state index contributed by atoms with van der Waals surface area (Å²) >= 11 is 7.50. The first-order valence-electron chi connectivity index (χ1n) is 8.54. The quantitative estimate of drug-likeness (QED) is 0.479. The number of nitrogens with zero attached hydrogens (tertiary/aromatic N) is 1. The Labute approximate surface area is 169 Å². The molecule has 5 rings (SSSR count). The average Bonchev–Trinajstić information content (AvgIpc) is 3.35. The number of hydrogen-bond acceptors (Lipinski definition) is 5. The van der Waals surface area contributed by atoms with Crippen molar-refractivity contribution in [2.75, 3.05) is 12.1 Å². The standard InChI is InChI=1S/C21H13ClN2O3S/c22-20-8-7-19(28-20)16-10-14(13-3-1-2-4-15(13)24-16)21(25)23-12-5-6-17-18(9-12)27-11-26-17/h1-10H,11H2,(H,23,25). The fraction of sp³-hybridized carbons (Fsp3) is 0.0476. The molecule has 0 saturated heterocycles. The number of benzene rings is 2. The van der Waals surface area contributed by atoms with Gasteiger partial charge >= 0.3 is 0 Å². The van der Waals surface area contributed by atoms with Crippen molar-refractivity contribution < 1.29 is 14.3 Å². The highest BCUT2D eigenvalue weighted by Crippen LogP contribution is 2.35. The van der Waals surface area contributed by atoms with Crippen molar-refractivity contribution in [3.8, 4) is 22.1 Å². The first-order valence-corrected chi connectivity index (χ1v) is 9.73. The highest BCUT2D eigenvalue weighted by atomic mass is 35.5. The van der Waals surface area contributed by atoms with E-state index in [1.165, 1.54) is 11.3 Å². The number of carbonyl (C=O) groups excluding carboxylic acids is 1. The highest BCUT2D eigenvalue weighted by Gasteiger charge is 2.17. The van der Waals surface area contributed by atoms with Crippen molar-refractivity contribution >= 4 is 45.4 Å². The molecule has 0 bridgehead atoms. The normalized spacial score (nSPS) is 12.3. The van der Waals surface area contributed by atoms with E-state index in [9.17, 15) is 4.79 Å². The largest absolute Gasteiger partial charge is 0.454 e. The minimum Gasteiger partial charge on any atom is -0.454 e. The molecule has 0 atom stereocenters. The zero-order chi connectivity index (χ0) is 19.1. The number of fused-ring (bicyclic) bond motifs is 2. The lowest BCUT2D eigenvalue weighted by Gasteiger charge is -2.10. The minimum absolute atomic E-state index is 0.189. The van der Waals surface area contributed by atoms with Crippen LogP contribution in [0.15, 0.2) is 60.7 Å². The Hall–Kier alpha value is -3.09. The maximum atomic E-state index is 13.1. The fourth-order valence-corrected chi connectivity index (χ4v) is 4.12. The van der Waals surface area contributed by atoms with Crippen LogP contribution in [0.3, 0.4) is 0 Å². The second-order valence-corrected chi connectivity index (χ2v) is 7.91. The van der Waals surface area contributed by atoms with E-state index in [1.807, 2.05) is 36.4 Å². The van der Waals surface area contributed by atoms with E-state index in [-0.39, 0.29) is 12.7 Å². The van der Waals surface area contributed by atoms with E-state index < -0.39 is 0 Å². The molecular weight excluding hydrogens is 396 g/mol. The van der Waals surface area contributed by atoms with Gasteiger partial charge in [0, 0.05) is 17.1 Å². The van der Waals surface area contributed by atoms with Crippen molar-refractivity contribution in [2.24, 2.45) is 0 Å². The maximum absolute atomic E-state index is 13.1. The molecule has 1 amide bonds. The van der Waals surface area contributed by atoms with E-state index in [0.29, 0.717) is 32.8 Å². The summed E-state index contributed by atoms with van der Waals surface area (Å²) < 4.78 is 11.4. The summed E-state index contributed by atoms with van der Waals surface area (Å²) in [4.78, 5) is 18.7. The van der Waals surface area contributed by atoms with Gasteiger partial charge in [-0.3, -0.25) is 4.79 Å². The topological polar surface area (TPSA) is 60.5 Å². The number of aromatic nitrogens is 1. The van der Waals surface area contributed by atoms with Gasteiger partial charge in [0.1, 0.15) is 0 Å². The summed E-state index contributed by atoms with van der Waals surface area (Å²) in [6.07, 6.45) is 0. The zero-order valence-corrected chi connectivity index (χ0v) is 16.0. The number of nitrogens with one attached hydrogen (secondary N) is 1. The first kappa shape index (κ1) is 17.0. The number of amides is 1. The van der Waals surface area contributed by atoms with Crippen LogP contribution in [0, 0.1) is 0 Å². The molecule has 0 radical (unpaired) electrons. The monoisotopic (exact) mass is 408 g/mol. The van der Waals surface area contributed by atoms with Crippen LogP contribution in [0.4, 0.5) is 5.69 Å². The van der Waals surface area contributed by atoms with E-state index in [1.54, 1.807) is 24.3 Å². The molecule has 3 heterocycles. The number of halogens is 1. The predicted molar refractivity (Wildman–Crippen MR) is 111 cm³/mol. The van der Waals surface area contributed by atoms with Gasteiger partial charge in [0.25, 0.3) is 5.91 Å². The molecule has 0 spiro atoms. The molecule has 138 valence electrons. The number of ether oxygens (including phenoxy) is 2. The van der Waals surface area contributed by atoms with Gasteiger partial charge < -0.3 is 14.8 Å². The molecule has 0 fully saturated rings. The van der Waals surface area contributed by atoms with E-state index >= 15 is 0 Å². The molecule has 2 aromatic heterocycles. The molecule has 2 aromatic carbocycles. The zero-order valence-electron chi connectivity index (χ0n) is 14.4. The van der Waals surface area contributed by atoms with E-state index in [4.69, 9.17) is 26.1 Å². The van der Waals surface area contributed by atoms with Crippen LogP contribution in [-0.4, -0.2) is 17.7 Å². The molecule has 28 heavy (non-hydrogen) atoms. The number of thiophene rings is 1. The molecule has 4 aromatic rings. The van der Waals surface area contributed by atoms with Gasteiger partial charge in [0.2, 0.25) is 6.79 Å². The lowest BCUT2D eigenvalue weighted by atomic mass is 10.1. The number of anilines is 1. The Bertz CT molecular complexity index is 1220. The Balaban J connectivity index is 1.56. The predicted octanol–water partition coefficient (Wildman–Crippen LogP) is 5.60. The summed E-state index contributed by atoms with van der Waals surface area (Å²) in [6, 6.07) is 18.4. The Morgan fingerprint density at radius 3 is 2.75 bits per heavy atom. The molecule has 0 aliphatic carbocycles. The van der Waals surface area contributed by atoms with Crippen LogP contribution in [0.2, 0.25) is 4.34 Å². The van der Waals surface area contributed by atoms with Gasteiger partial charge in [-0.2, -0.15) is 0 Å². The third-order valence-corrected chi connectivity index (χ3v) is 5.67. The van der Waals surface area contributed by atoms with Gasteiger partial charge in [-0.25, -0.2) is 4.98 Å². The van der Waals surface area contributed by atoms with Gasteiger partial charge in [-0.15, -0.1) is 11.3 Å². The van der Waals surface area contributed by atoms with Crippen LogP contribution in [-0.2, 0) is 0 Å². The van der Waals surface area contributed by atoms with Gasteiger partial charge in [-0.1, -0.05) is 29.8 Å². The third-order valence-electron chi connectivity index (χ3n) is 4.42. The molecule has 1 aliphatic heterocycles. The average molecular weight is 409 g/mol. The summed E-state index contributed by atoms with van der Waals surface area (Å²) in [5.74, 6) is 1.07. The minimum atomic E-state index is -0.221. The molecule has 1 N–H and O–H groups in total. The smallest absolute Gasteiger partial charge is 0.256 e. The summed E-state index contributed by atoms with van der Waals surface area (Å²) in [5.41, 5.74) is 2.64. The summed E-state index contributed by atoms with van der Waals surface area (Å²) in [5, 5.41) is 3.72. The van der Waals surface area contributed by atoms with Gasteiger partial charge in [-0.05, 0) is 36.4 Å². The molecule has 5 nitrogen and oxygen atoms in total. The summed E-state index contributed by atoms with van der Waals surface area (Å²) in [7, 11) is 0. The Kier molecular flexibility index (Phi) is 4.15. The molecule has 1 aliphatic rings. The molecule has 0 saturated carbocycles. The summed E-state index contributed by atoms with van der Waals surface area (Å²) in [6.45, 7) is 0.189. The van der Waals surface area contributed by atoms with Crippen LogP contribution in [0.5, 0.6) is 11.5 Å². The van der Waals surface area contributed by atoms with Crippen molar-refractivity contribution in [1.29, 1.82) is 0 Å². The molecule has 7 heteroatoms. The Morgan fingerprint density at radius 2 is 1.89 bits per heavy atom. The van der Waals surface area contributed by atoms with Crippen molar-refractivity contribution in [3.63, 3.8) is 0 Å². The second-order valence-electron chi connectivity index (χ2n) is 6.20. The number of para-hydroxylation sites is 1. The van der Waals surface area contributed by atoms with Crippen molar-refractivity contribution in [3.05, 3.63) is 70.6 Å². The van der Waals surface area contributed by atoms with E-state index in [2.05, 4.69) is 5.32 Å². The number of carbonyl (C=O) groups is 1. The molecular formula is C21H13ClN2O3S. The lowest BCUT2D eigenvalue weighted by molar-refractivity contribution is 0.102. The lowest BCUT2D eigenvalue weighted by Crippen LogP contribution is -2.13. The fourth-order valence-electron chi connectivity index (χ4n) is 3.11.